The van der Waals surface area contributed by atoms with Crippen LogP contribution in [0.1, 0.15) is 63.2 Å². The van der Waals surface area contributed by atoms with Crippen LogP contribution in [0.5, 0.6) is 0 Å². The number of sulfonamides is 1. The van der Waals surface area contributed by atoms with E-state index in [1.807, 2.05) is 6.92 Å². The molecule has 0 aliphatic carbocycles. The molecule has 0 aromatic heterocycles. The number of benzene rings is 1. The van der Waals surface area contributed by atoms with Gasteiger partial charge in [-0.25, -0.2) is 8.42 Å². The second-order valence-electron chi connectivity index (χ2n) is 9.30. The zero-order chi connectivity index (χ0) is 21.7. The molecule has 2 aliphatic heterocycles. The number of carbonyl (C=O) groups excluding carboxylic acids is 1. The molecule has 2 aliphatic rings. The maximum atomic E-state index is 12.9. The largest absolute Gasteiger partial charge is 0.352 e. The van der Waals surface area contributed by atoms with Crippen LogP contribution in [0, 0.1) is 11.8 Å². The normalized spacial score (nSPS) is 26.4. The number of likely N-dealkylation sites (tertiary alicyclic amines) is 1. The zero-order valence-corrected chi connectivity index (χ0v) is 19.5. The molecule has 0 bridgehead atoms. The lowest BCUT2D eigenvalue weighted by Crippen LogP contribution is -2.41. The number of rotatable bonds is 7. The van der Waals surface area contributed by atoms with E-state index in [4.69, 9.17) is 0 Å². The molecule has 0 spiro atoms. The van der Waals surface area contributed by atoms with Crippen molar-refractivity contribution in [2.75, 3.05) is 32.7 Å². The van der Waals surface area contributed by atoms with Crippen molar-refractivity contribution in [2.24, 2.45) is 11.8 Å². The van der Waals surface area contributed by atoms with Crippen LogP contribution in [-0.4, -0.2) is 62.3 Å². The lowest BCUT2D eigenvalue weighted by molar-refractivity contribution is 0.0947. The Morgan fingerprint density at radius 1 is 1.07 bits per heavy atom. The summed E-state index contributed by atoms with van der Waals surface area (Å²) in [5.74, 6) is 1.34. The predicted octanol–water partition coefficient (Wildman–Crippen LogP) is 3.35. The fourth-order valence-electron chi connectivity index (χ4n) is 4.92. The molecule has 2 heterocycles. The number of piperidine rings is 2. The van der Waals surface area contributed by atoms with E-state index in [9.17, 15) is 13.2 Å². The van der Waals surface area contributed by atoms with Gasteiger partial charge in [0.05, 0.1) is 4.90 Å². The van der Waals surface area contributed by atoms with Crippen molar-refractivity contribution in [3.05, 3.63) is 29.8 Å². The summed E-state index contributed by atoms with van der Waals surface area (Å²) < 4.78 is 27.4. The monoisotopic (exact) mass is 435 g/mol. The molecule has 3 rings (SSSR count). The van der Waals surface area contributed by atoms with Crippen LogP contribution in [0.15, 0.2) is 29.2 Å². The van der Waals surface area contributed by atoms with Crippen LogP contribution in [0.3, 0.4) is 0 Å². The molecule has 1 N–H and O–H groups in total. The highest BCUT2D eigenvalue weighted by atomic mass is 32.2. The molecule has 1 amide bonds. The van der Waals surface area contributed by atoms with Gasteiger partial charge in [0.15, 0.2) is 0 Å². The van der Waals surface area contributed by atoms with Crippen molar-refractivity contribution >= 4 is 15.9 Å². The maximum Gasteiger partial charge on any atom is 0.251 e. The van der Waals surface area contributed by atoms with Gasteiger partial charge < -0.3 is 10.2 Å². The van der Waals surface area contributed by atoms with Crippen LogP contribution in [0.25, 0.3) is 0 Å². The van der Waals surface area contributed by atoms with Gasteiger partial charge in [-0.15, -0.1) is 0 Å². The van der Waals surface area contributed by atoms with Gasteiger partial charge in [-0.3, -0.25) is 4.79 Å². The molecule has 2 fully saturated rings. The van der Waals surface area contributed by atoms with Gasteiger partial charge >= 0.3 is 0 Å². The molecule has 168 valence electrons. The van der Waals surface area contributed by atoms with Crippen molar-refractivity contribution in [2.45, 2.75) is 63.8 Å². The number of amides is 1. The smallest absolute Gasteiger partial charge is 0.251 e. The summed E-state index contributed by atoms with van der Waals surface area (Å²) in [5, 5.41) is 2.96. The van der Waals surface area contributed by atoms with Gasteiger partial charge in [-0.05, 0) is 75.3 Å². The van der Waals surface area contributed by atoms with Gasteiger partial charge in [0, 0.05) is 37.8 Å². The van der Waals surface area contributed by atoms with Crippen LogP contribution in [-0.2, 0) is 10.0 Å². The first kappa shape index (κ1) is 23.2. The highest BCUT2D eigenvalue weighted by Gasteiger charge is 2.31. The van der Waals surface area contributed by atoms with Gasteiger partial charge in [-0.1, -0.05) is 20.3 Å². The third-order valence-corrected chi connectivity index (χ3v) is 8.37. The Bertz CT molecular complexity index is 799. The summed E-state index contributed by atoms with van der Waals surface area (Å²) in [6, 6.07) is 6.37. The molecule has 7 heteroatoms. The lowest BCUT2D eigenvalue weighted by Gasteiger charge is -2.34. The second-order valence-corrected chi connectivity index (χ2v) is 11.2. The summed E-state index contributed by atoms with van der Waals surface area (Å²) in [6.07, 6.45) is 5.09. The van der Waals surface area contributed by atoms with E-state index in [1.165, 1.54) is 6.42 Å². The minimum Gasteiger partial charge on any atom is -0.352 e. The quantitative estimate of drug-likeness (QED) is 0.667. The van der Waals surface area contributed by atoms with Crippen molar-refractivity contribution in [1.29, 1.82) is 0 Å². The van der Waals surface area contributed by atoms with E-state index >= 15 is 0 Å². The molecule has 30 heavy (non-hydrogen) atoms. The Kier molecular flexibility index (Phi) is 7.93. The third-order valence-electron chi connectivity index (χ3n) is 6.35. The summed E-state index contributed by atoms with van der Waals surface area (Å²) >= 11 is 0. The molecule has 1 aromatic carbocycles. The fourth-order valence-corrected chi connectivity index (χ4v) is 6.62. The fraction of sp³-hybridized carbons (Fsp3) is 0.696. The minimum absolute atomic E-state index is 0.0256. The van der Waals surface area contributed by atoms with E-state index < -0.39 is 10.0 Å². The molecular weight excluding hydrogens is 398 g/mol. The average molecular weight is 436 g/mol. The molecular formula is C23H37N3O3S. The Morgan fingerprint density at radius 3 is 2.37 bits per heavy atom. The Hall–Kier alpha value is -1.44. The van der Waals surface area contributed by atoms with Gasteiger partial charge in [0.2, 0.25) is 10.0 Å². The highest BCUT2D eigenvalue weighted by Crippen LogP contribution is 2.25. The van der Waals surface area contributed by atoms with Crippen molar-refractivity contribution in [1.82, 2.24) is 14.5 Å². The molecule has 3 unspecified atom stereocenters. The SMILES string of the molecule is CC1CC(C)CN(CCCNC(=O)c2ccc(S(=O)(=O)N3CCCCC3C)cc2)C1. The van der Waals surface area contributed by atoms with Crippen molar-refractivity contribution < 1.29 is 13.2 Å². The molecule has 2 saturated heterocycles. The van der Waals surface area contributed by atoms with E-state index in [0.717, 1.165) is 57.2 Å². The molecule has 0 radical (unpaired) electrons. The molecule has 0 saturated carbocycles. The van der Waals surface area contributed by atoms with E-state index in [0.29, 0.717) is 18.7 Å². The summed E-state index contributed by atoms with van der Waals surface area (Å²) in [4.78, 5) is 15.2. The summed E-state index contributed by atoms with van der Waals surface area (Å²) in [5.41, 5.74) is 0.501. The third kappa shape index (κ3) is 5.83. The van der Waals surface area contributed by atoms with E-state index in [-0.39, 0.29) is 16.8 Å². The van der Waals surface area contributed by atoms with Gasteiger partial charge in [-0.2, -0.15) is 4.31 Å². The van der Waals surface area contributed by atoms with E-state index in [1.54, 1.807) is 28.6 Å². The Morgan fingerprint density at radius 2 is 1.73 bits per heavy atom. The Balaban J connectivity index is 1.49. The summed E-state index contributed by atoms with van der Waals surface area (Å²) in [6.45, 7) is 11.1. The molecule has 6 nitrogen and oxygen atoms in total. The number of nitrogens with zero attached hydrogens (tertiary/aromatic N) is 2. The predicted molar refractivity (Wildman–Crippen MR) is 120 cm³/mol. The highest BCUT2D eigenvalue weighted by molar-refractivity contribution is 7.89. The van der Waals surface area contributed by atoms with Crippen molar-refractivity contribution in [3.63, 3.8) is 0 Å². The standard InChI is InChI=1S/C23H37N3O3S/c1-18-15-19(2)17-25(16-18)13-6-12-24-23(27)21-8-10-22(11-9-21)30(28,29)26-14-5-4-7-20(26)3/h8-11,18-20H,4-7,12-17H2,1-3H3,(H,24,27). The van der Waals surface area contributed by atoms with Crippen molar-refractivity contribution in [3.8, 4) is 0 Å². The topological polar surface area (TPSA) is 69.7 Å². The average Bonchev–Trinajstić information content (AvgIpc) is 2.70. The van der Waals surface area contributed by atoms with Gasteiger partial charge in [0.1, 0.15) is 0 Å². The van der Waals surface area contributed by atoms with Crippen LogP contribution in [0.4, 0.5) is 0 Å². The molecule has 1 aromatic rings. The first-order valence-corrected chi connectivity index (χ1v) is 12.8. The number of hydrogen-bond donors (Lipinski definition) is 1. The first-order chi connectivity index (χ1) is 14.3. The van der Waals surface area contributed by atoms with Crippen LogP contribution in [0.2, 0.25) is 0 Å². The van der Waals surface area contributed by atoms with Crippen LogP contribution < -0.4 is 5.32 Å². The number of hydrogen-bond acceptors (Lipinski definition) is 4. The van der Waals surface area contributed by atoms with Gasteiger partial charge in [0.25, 0.3) is 5.91 Å². The molecule has 3 atom stereocenters. The van der Waals surface area contributed by atoms with Crippen LogP contribution >= 0.6 is 0 Å². The second kappa shape index (κ2) is 10.2. The Labute approximate surface area is 182 Å². The summed E-state index contributed by atoms with van der Waals surface area (Å²) in [7, 11) is -3.50. The maximum absolute atomic E-state index is 12.9. The number of carbonyl (C=O) groups is 1. The van der Waals surface area contributed by atoms with E-state index in [2.05, 4.69) is 24.1 Å². The lowest BCUT2D eigenvalue weighted by atomic mass is 9.92. The first-order valence-electron chi connectivity index (χ1n) is 11.4. The number of nitrogens with one attached hydrogen (secondary N) is 1. The minimum atomic E-state index is -3.50. The zero-order valence-electron chi connectivity index (χ0n) is 18.6.